The maximum Gasteiger partial charge on any atom is 0.271 e. The van der Waals surface area contributed by atoms with Gasteiger partial charge < -0.3 is 9.88 Å². The van der Waals surface area contributed by atoms with E-state index in [1.54, 1.807) is 13.0 Å². The molecule has 2 heterocycles. The van der Waals surface area contributed by atoms with Crippen molar-refractivity contribution in [2.45, 2.75) is 13.5 Å². The summed E-state index contributed by atoms with van der Waals surface area (Å²) in [7, 11) is 2.01. The summed E-state index contributed by atoms with van der Waals surface area (Å²) < 4.78 is 2.07. The van der Waals surface area contributed by atoms with Crippen LogP contribution in [-0.4, -0.2) is 21.3 Å². The van der Waals surface area contributed by atoms with E-state index in [4.69, 9.17) is 0 Å². The maximum atomic E-state index is 12.9. The highest BCUT2D eigenvalue weighted by molar-refractivity contribution is 6.07. The molecule has 1 aromatic heterocycles. The van der Waals surface area contributed by atoms with Crippen LogP contribution in [0.15, 0.2) is 73.2 Å². The predicted molar refractivity (Wildman–Crippen MR) is 110 cm³/mol. The van der Waals surface area contributed by atoms with Crippen LogP contribution in [0.25, 0.3) is 22.0 Å². The Bertz CT molecular complexity index is 1170. The normalized spacial score (nSPS) is 12.9. The predicted octanol–water partition coefficient (Wildman–Crippen LogP) is 3.96. The van der Waals surface area contributed by atoms with Gasteiger partial charge in [-0.15, -0.1) is 0 Å². The Balaban J connectivity index is 1.77. The van der Waals surface area contributed by atoms with Crippen LogP contribution >= 0.6 is 0 Å². The molecule has 1 N–H and O–H groups in total. The third-order valence-electron chi connectivity index (χ3n) is 5.10. The number of hydrogen-bond donors (Lipinski definition) is 1. The van der Waals surface area contributed by atoms with Crippen molar-refractivity contribution in [2.75, 3.05) is 0 Å². The van der Waals surface area contributed by atoms with Gasteiger partial charge in [0, 0.05) is 35.4 Å². The van der Waals surface area contributed by atoms with Crippen molar-refractivity contribution in [3.63, 3.8) is 0 Å². The van der Waals surface area contributed by atoms with Gasteiger partial charge in [0.25, 0.3) is 11.8 Å². The molecule has 0 aliphatic carbocycles. The first-order chi connectivity index (χ1) is 13.4. The average Bonchev–Trinajstić information content (AvgIpc) is 3.21. The van der Waals surface area contributed by atoms with E-state index in [2.05, 4.69) is 41.2 Å². The molecule has 2 aromatic carbocycles. The van der Waals surface area contributed by atoms with E-state index >= 15 is 0 Å². The minimum absolute atomic E-state index is 0.119. The van der Waals surface area contributed by atoms with Gasteiger partial charge in [-0.3, -0.25) is 14.5 Å². The molecule has 0 radical (unpaired) electrons. The second kappa shape index (κ2) is 6.53. The number of aryl methyl sites for hydroxylation is 1. The SMILES string of the molecule is C=C(C)NC(=O)C(=C)N1Cc2c(cccc2-c2cccc3c2ccn3C)C1=O. The molecule has 1 aliphatic heterocycles. The lowest BCUT2D eigenvalue weighted by molar-refractivity contribution is -0.118. The Hall–Kier alpha value is -3.60. The third kappa shape index (κ3) is 2.72. The Morgan fingerprint density at radius 1 is 1.04 bits per heavy atom. The molecule has 5 heteroatoms. The number of rotatable bonds is 4. The zero-order chi connectivity index (χ0) is 20.0. The number of benzene rings is 2. The lowest BCUT2D eigenvalue weighted by atomic mass is 9.95. The van der Waals surface area contributed by atoms with Crippen LogP contribution in [0.1, 0.15) is 22.8 Å². The summed E-state index contributed by atoms with van der Waals surface area (Å²) in [4.78, 5) is 26.7. The number of allylic oxidation sites excluding steroid dienone is 1. The standard InChI is InChI=1S/C23H21N3O2/c1-14(2)24-22(27)15(3)26-13-20-17(7-5-9-19(20)23(26)28)16-8-6-10-21-18(16)11-12-25(21)4/h5-12H,1,3,13H2,2,4H3,(H,24,27). The van der Waals surface area contributed by atoms with Crippen molar-refractivity contribution in [3.8, 4) is 11.1 Å². The minimum atomic E-state index is -0.416. The highest BCUT2D eigenvalue weighted by atomic mass is 16.2. The Morgan fingerprint density at radius 3 is 2.46 bits per heavy atom. The van der Waals surface area contributed by atoms with E-state index in [0.717, 1.165) is 27.6 Å². The molecule has 0 spiro atoms. The summed E-state index contributed by atoms with van der Waals surface area (Å²) in [6, 6.07) is 13.9. The fourth-order valence-corrected chi connectivity index (χ4v) is 3.73. The number of amides is 2. The average molecular weight is 371 g/mol. The molecule has 2 amide bonds. The van der Waals surface area contributed by atoms with E-state index in [9.17, 15) is 9.59 Å². The van der Waals surface area contributed by atoms with Crippen LogP contribution in [-0.2, 0) is 18.4 Å². The first kappa shape index (κ1) is 17.8. The molecule has 28 heavy (non-hydrogen) atoms. The van der Waals surface area contributed by atoms with Gasteiger partial charge in [-0.25, -0.2) is 0 Å². The molecular formula is C23H21N3O2. The molecule has 0 fully saturated rings. The smallest absolute Gasteiger partial charge is 0.271 e. The Labute approximate surface area is 163 Å². The summed E-state index contributed by atoms with van der Waals surface area (Å²) in [6.07, 6.45) is 2.03. The summed E-state index contributed by atoms with van der Waals surface area (Å²) in [5, 5.41) is 3.74. The number of fused-ring (bicyclic) bond motifs is 2. The van der Waals surface area contributed by atoms with Crippen LogP contribution in [0.5, 0.6) is 0 Å². The molecule has 1 aliphatic rings. The molecule has 0 saturated heterocycles. The van der Waals surface area contributed by atoms with Gasteiger partial charge in [0.15, 0.2) is 0 Å². The Morgan fingerprint density at radius 2 is 1.71 bits per heavy atom. The van der Waals surface area contributed by atoms with Crippen LogP contribution in [0, 0.1) is 0 Å². The van der Waals surface area contributed by atoms with Crippen LogP contribution in [0.2, 0.25) is 0 Å². The number of nitrogens with zero attached hydrogens (tertiary/aromatic N) is 2. The second-order valence-electron chi connectivity index (χ2n) is 7.07. The molecule has 3 aromatic rings. The highest BCUT2D eigenvalue weighted by Gasteiger charge is 2.33. The van der Waals surface area contributed by atoms with Crippen molar-refractivity contribution >= 4 is 22.7 Å². The maximum absolute atomic E-state index is 12.9. The van der Waals surface area contributed by atoms with Gasteiger partial charge in [-0.05, 0) is 41.8 Å². The third-order valence-corrected chi connectivity index (χ3v) is 5.10. The number of carbonyl (C=O) groups excluding carboxylic acids is 2. The summed E-state index contributed by atoms with van der Waals surface area (Å²) in [6.45, 7) is 9.50. The number of nitrogens with one attached hydrogen (secondary N) is 1. The molecular weight excluding hydrogens is 350 g/mol. The largest absolute Gasteiger partial charge is 0.351 e. The Kier molecular flexibility index (Phi) is 4.15. The first-order valence-corrected chi connectivity index (χ1v) is 9.02. The molecule has 0 saturated carbocycles. The topological polar surface area (TPSA) is 54.3 Å². The number of hydrogen-bond acceptors (Lipinski definition) is 2. The lowest BCUT2D eigenvalue weighted by Gasteiger charge is -2.18. The van der Waals surface area contributed by atoms with E-state index in [1.165, 1.54) is 4.90 Å². The second-order valence-corrected chi connectivity index (χ2v) is 7.07. The molecule has 140 valence electrons. The van der Waals surface area contributed by atoms with Crippen molar-refractivity contribution in [1.82, 2.24) is 14.8 Å². The van der Waals surface area contributed by atoms with Gasteiger partial charge in [0.05, 0.1) is 6.54 Å². The molecule has 0 atom stereocenters. The number of carbonyl (C=O) groups is 2. The monoisotopic (exact) mass is 371 g/mol. The quantitative estimate of drug-likeness (QED) is 0.706. The minimum Gasteiger partial charge on any atom is -0.351 e. The van der Waals surface area contributed by atoms with E-state index < -0.39 is 5.91 Å². The number of aromatic nitrogens is 1. The van der Waals surface area contributed by atoms with Gasteiger partial charge in [0.1, 0.15) is 5.70 Å². The summed E-state index contributed by atoms with van der Waals surface area (Å²) >= 11 is 0. The molecule has 5 nitrogen and oxygen atoms in total. The highest BCUT2D eigenvalue weighted by Crippen LogP contribution is 2.37. The van der Waals surface area contributed by atoms with E-state index in [0.29, 0.717) is 17.8 Å². The molecule has 0 unspecified atom stereocenters. The zero-order valence-electron chi connectivity index (χ0n) is 16.0. The first-order valence-electron chi connectivity index (χ1n) is 9.02. The van der Waals surface area contributed by atoms with Crippen LogP contribution in [0.4, 0.5) is 0 Å². The van der Waals surface area contributed by atoms with Crippen molar-refractivity contribution < 1.29 is 9.59 Å². The summed E-state index contributed by atoms with van der Waals surface area (Å²) in [5.41, 5.74) is 5.34. The van der Waals surface area contributed by atoms with Crippen molar-refractivity contribution in [1.29, 1.82) is 0 Å². The van der Waals surface area contributed by atoms with E-state index in [1.807, 2.05) is 31.4 Å². The summed E-state index contributed by atoms with van der Waals surface area (Å²) in [5.74, 6) is -0.626. The van der Waals surface area contributed by atoms with E-state index in [-0.39, 0.29) is 11.6 Å². The zero-order valence-corrected chi connectivity index (χ0v) is 16.0. The van der Waals surface area contributed by atoms with Gasteiger partial charge in [-0.1, -0.05) is 37.4 Å². The van der Waals surface area contributed by atoms with Gasteiger partial charge >= 0.3 is 0 Å². The lowest BCUT2D eigenvalue weighted by Crippen LogP contribution is -2.33. The fraction of sp³-hybridized carbons (Fsp3) is 0.130. The van der Waals surface area contributed by atoms with Gasteiger partial charge in [-0.2, -0.15) is 0 Å². The fourth-order valence-electron chi connectivity index (χ4n) is 3.73. The van der Waals surface area contributed by atoms with Crippen LogP contribution in [0.3, 0.4) is 0 Å². The van der Waals surface area contributed by atoms with Crippen LogP contribution < -0.4 is 5.32 Å². The molecule has 4 rings (SSSR count). The van der Waals surface area contributed by atoms with Gasteiger partial charge in [0.2, 0.25) is 0 Å². The van der Waals surface area contributed by atoms with Crippen molar-refractivity contribution in [2.24, 2.45) is 7.05 Å². The molecule has 0 bridgehead atoms. The van der Waals surface area contributed by atoms with Crippen molar-refractivity contribution in [3.05, 3.63) is 84.3 Å².